The molecule has 7 nitrogen and oxygen atoms in total. The van der Waals surface area contributed by atoms with Gasteiger partial charge in [0.2, 0.25) is 11.8 Å². The van der Waals surface area contributed by atoms with E-state index < -0.39 is 0 Å². The topological polar surface area (TPSA) is 75.4 Å². The highest BCUT2D eigenvalue weighted by Gasteiger charge is 2.46. The van der Waals surface area contributed by atoms with E-state index in [1.54, 1.807) is 29.2 Å². The molecule has 3 amide bonds. The van der Waals surface area contributed by atoms with Gasteiger partial charge in [0.1, 0.15) is 26.2 Å². The molecule has 134 valence electrons. The van der Waals surface area contributed by atoms with Crippen LogP contribution in [-0.4, -0.2) is 56.5 Å². The summed E-state index contributed by atoms with van der Waals surface area (Å²) in [5.41, 5.74) is 1.22. The fraction of sp³-hybridized carbons (Fsp3) is 0.500. The summed E-state index contributed by atoms with van der Waals surface area (Å²) in [6, 6.07) is 6.57. The standard InChI is InChI=1S/C18H24N4O3/c1-3-20-8-10-21(11-9-20)16-12-17(24)22(18(16)25)15-6-4-14(5-7-15)19-13(2)23/h4-7,16H,3,8-12H2,1-2H3,(H,19,23)/p+2/t16-/m0/s1. The van der Waals surface area contributed by atoms with Crippen molar-refractivity contribution in [2.24, 2.45) is 0 Å². The van der Waals surface area contributed by atoms with Crippen LogP contribution in [0, 0.1) is 0 Å². The fourth-order valence-electron chi connectivity index (χ4n) is 3.75. The highest BCUT2D eigenvalue weighted by atomic mass is 16.2. The smallest absolute Gasteiger partial charge is 0.292 e. The van der Waals surface area contributed by atoms with Crippen LogP contribution in [0.15, 0.2) is 24.3 Å². The van der Waals surface area contributed by atoms with Crippen LogP contribution in [0.3, 0.4) is 0 Å². The summed E-state index contributed by atoms with van der Waals surface area (Å²) in [4.78, 5) is 40.5. The van der Waals surface area contributed by atoms with Crippen molar-refractivity contribution in [3.05, 3.63) is 24.3 Å². The van der Waals surface area contributed by atoms with Crippen LogP contribution in [-0.2, 0) is 14.4 Å². The van der Waals surface area contributed by atoms with E-state index in [9.17, 15) is 14.4 Å². The van der Waals surface area contributed by atoms with E-state index in [1.165, 1.54) is 16.7 Å². The number of piperazine rings is 1. The van der Waals surface area contributed by atoms with Gasteiger partial charge < -0.3 is 15.1 Å². The lowest BCUT2D eigenvalue weighted by Gasteiger charge is -2.31. The van der Waals surface area contributed by atoms with Crippen LogP contribution in [0.5, 0.6) is 0 Å². The predicted molar refractivity (Wildman–Crippen MR) is 93.6 cm³/mol. The molecule has 2 heterocycles. The second-order valence-corrected chi connectivity index (χ2v) is 6.81. The molecule has 0 bridgehead atoms. The summed E-state index contributed by atoms with van der Waals surface area (Å²) >= 11 is 0. The van der Waals surface area contributed by atoms with Gasteiger partial charge >= 0.3 is 0 Å². The normalized spacial score (nSPS) is 26.8. The first-order valence-electron chi connectivity index (χ1n) is 8.92. The first-order valence-corrected chi connectivity index (χ1v) is 8.92. The van der Waals surface area contributed by atoms with E-state index in [4.69, 9.17) is 0 Å². The van der Waals surface area contributed by atoms with E-state index >= 15 is 0 Å². The Morgan fingerprint density at radius 1 is 1.16 bits per heavy atom. The summed E-state index contributed by atoms with van der Waals surface area (Å²) in [5.74, 6) is -0.398. The van der Waals surface area contributed by atoms with E-state index in [2.05, 4.69) is 12.2 Å². The first-order chi connectivity index (χ1) is 12.0. The van der Waals surface area contributed by atoms with Gasteiger partial charge in [0.05, 0.1) is 18.7 Å². The predicted octanol–water partition coefficient (Wildman–Crippen LogP) is -1.92. The molecule has 0 radical (unpaired) electrons. The van der Waals surface area contributed by atoms with Crippen molar-refractivity contribution in [1.82, 2.24) is 0 Å². The first kappa shape index (κ1) is 17.6. The van der Waals surface area contributed by atoms with Crippen molar-refractivity contribution >= 4 is 29.1 Å². The van der Waals surface area contributed by atoms with Gasteiger partial charge in [-0.2, -0.15) is 0 Å². The minimum atomic E-state index is -0.263. The quantitative estimate of drug-likeness (QED) is 0.557. The van der Waals surface area contributed by atoms with E-state index in [0.29, 0.717) is 11.4 Å². The van der Waals surface area contributed by atoms with E-state index in [0.717, 1.165) is 32.7 Å². The molecule has 0 spiro atoms. The Kier molecular flexibility index (Phi) is 5.15. The number of imide groups is 1. The van der Waals surface area contributed by atoms with Crippen molar-refractivity contribution in [1.29, 1.82) is 0 Å². The number of rotatable bonds is 4. The van der Waals surface area contributed by atoms with Gasteiger partial charge in [0.15, 0.2) is 6.04 Å². The van der Waals surface area contributed by atoms with Gasteiger partial charge in [-0.25, -0.2) is 4.90 Å². The Morgan fingerprint density at radius 2 is 1.80 bits per heavy atom. The van der Waals surface area contributed by atoms with Crippen molar-refractivity contribution in [3.63, 3.8) is 0 Å². The van der Waals surface area contributed by atoms with Crippen LogP contribution < -0.4 is 20.0 Å². The molecule has 7 heteroatoms. The van der Waals surface area contributed by atoms with Crippen molar-refractivity contribution in [3.8, 4) is 0 Å². The second-order valence-electron chi connectivity index (χ2n) is 6.81. The number of quaternary nitrogens is 2. The number of anilines is 2. The third-order valence-electron chi connectivity index (χ3n) is 5.18. The van der Waals surface area contributed by atoms with Crippen LogP contribution >= 0.6 is 0 Å². The Hall–Kier alpha value is -2.25. The summed E-state index contributed by atoms with van der Waals surface area (Å²) in [5, 5.41) is 2.68. The number of likely N-dealkylation sites (N-methyl/N-ethyl adjacent to an activating group) is 1. The van der Waals surface area contributed by atoms with Crippen LogP contribution in [0.1, 0.15) is 20.3 Å². The number of benzene rings is 1. The van der Waals surface area contributed by atoms with Gasteiger partial charge in [-0.1, -0.05) is 0 Å². The molecule has 3 rings (SSSR count). The molecule has 1 atom stereocenters. The number of nitrogens with one attached hydrogen (secondary N) is 3. The summed E-state index contributed by atoms with van der Waals surface area (Å²) in [6.45, 7) is 8.69. The molecule has 2 aliphatic heterocycles. The average Bonchev–Trinajstić information content (AvgIpc) is 2.90. The minimum Gasteiger partial charge on any atom is -0.326 e. The third-order valence-corrected chi connectivity index (χ3v) is 5.18. The Labute approximate surface area is 147 Å². The largest absolute Gasteiger partial charge is 0.326 e. The molecule has 25 heavy (non-hydrogen) atoms. The highest BCUT2D eigenvalue weighted by Crippen LogP contribution is 2.23. The van der Waals surface area contributed by atoms with Gasteiger partial charge in [0.25, 0.3) is 5.91 Å². The Balaban J connectivity index is 1.70. The van der Waals surface area contributed by atoms with Gasteiger partial charge in [-0.05, 0) is 31.2 Å². The molecule has 2 fully saturated rings. The number of nitrogens with zero attached hydrogens (tertiary/aromatic N) is 1. The zero-order valence-corrected chi connectivity index (χ0v) is 14.8. The molecule has 3 N–H and O–H groups in total. The monoisotopic (exact) mass is 346 g/mol. The SMILES string of the molecule is CC[NH+]1CC[NH+]([C@H]2CC(=O)N(c3ccc(NC(C)=O)cc3)C2=O)CC1. The van der Waals surface area contributed by atoms with E-state index in [-0.39, 0.29) is 30.2 Å². The Morgan fingerprint density at radius 3 is 2.36 bits per heavy atom. The van der Waals surface area contributed by atoms with Crippen molar-refractivity contribution in [2.45, 2.75) is 26.3 Å². The highest BCUT2D eigenvalue weighted by molar-refractivity contribution is 6.21. The molecule has 2 aliphatic rings. The molecule has 0 saturated carbocycles. The molecular weight excluding hydrogens is 320 g/mol. The zero-order valence-electron chi connectivity index (χ0n) is 14.8. The lowest BCUT2D eigenvalue weighted by Crippen LogP contribution is -3.29. The molecule has 1 aromatic rings. The minimum absolute atomic E-state index is 0.104. The zero-order chi connectivity index (χ0) is 18.0. The van der Waals surface area contributed by atoms with Crippen molar-refractivity contribution < 1.29 is 24.2 Å². The molecular formula is C18H26N4O3+2. The van der Waals surface area contributed by atoms with Crippen LogP contribution in [0.4, 0.5) is 11.4 Å². The third kappa shape index (κ3) is 3.72. The number of hydrogen-bond acceptors (Lipinski definition) is 3. The van der Waals surface area contributed by atoms with E-state index in [1.807, 2.05) is 0 Å². The molecule has 2 saturated heterocycles. The lowest BCUT2D eigenvalue weighted by molar-refractivity contribution is -1.02. The molecule has 1 aromatic carbocycles. The van der Waals surface area contributed by atoms with Crippen LogP contribution in [0.2, 0.25) is 0 Å². The molecule has 0 aliphatic carbocycles. The maximum absolute atomic E-state index is 12.8. The fourth-order valence-corrected chi connectivity index (χ4v) is 3.75. The maximum Gasteiger partial charge on any atom is 0.292 e. The molecule has 0 aromatic heterocycles. The number of amides is 3. The van der Waals surface area contributed by atoms with Gasteiger partial charge in [-0.3, -0.25) is 14.4 Å². The summed E-state index contributed by atoms with van der Waals surface area (Å²) in [6.07, 6.45) is 0.281. The van der Waals surface area contributed by atoms with Crippen molar-refractivity contribution in [2.75, 3.05) is 42.9 Å². The summed E-state index contributed by atoms with van der Waals surface area (Å²) in [7, 11) is 0. The lowest BCUT2D eigenvalue weighted by atomic mass is 10.1. The second kappa shape index (κ2) is 7.33. The van der Waals surface area contributed by atoms with Gasteiger partial charge in [0, 0.05) is 12.6 Å². The number of carbonyl (C=O) groups is 3. The van der Waals surface area contributed by atoms with Gasteiger partial charge in [-0.15, -0.1) is 0 Å². The van der Waals surface area contributed by atoms with Crippen LogP contribution in [0.25, 0.3) is 0 Å². The maximum atomic E-state index is 12.8. The number of carbonyl (C=O) groups excluding carboxylic acids is 3. The summed E-state index contributed by atoms with van der Waals surface area (Å²) < 4.78 is 0. The number of hydrogen-bond donors (Lipinski definition) is 3. The average molecular weight is 346 g/mol. The Bertz CT molecular complexity index is 665. The molecule has 0 unspecified atom stereocenters.